The van der Waals surface area contributed by atoms with Crippen molar-refractivity contribution in [3.63, 3.8) is 0 Å². The lowest BCUT2D eigenvalue weighted by atomic mass is 10.2. The number of nitrogens with zero attached hydrogens (tertiary/aromatic N) is 2. The molecule has 1 aromatic carbocycles. The molecule has 0 fully saturated rings. The topological polar surface area (TPSA) is 65.1 Å². The van der Waals surface area contributed by atoms with E-state index in [2.05, 4.69) is 10.4 Å². The highest BCUT2D eigenvalue weighted by Crippen LogP contribution is 2.17. The maximum Gasteiger partial charge on any atom is 0.171 e. The van der Waals surface area contributed by atoms with Crippen LogP contribution in [0.1, 0.15) is 5.56 Å². The molecule has 0 spiro atoms. The first-order chi connectivity index (χ1) is 8.19. The van der Waals surface area contributed by atoms with Crippen LogP contribution < -0.4 is 15.8 Å². The second kappa shape index (κ2) is 4.78. The minimum Gasteiger partial charge on any atom is -0.497 e. The standard InChI is InChI=1S/C12H16N4O/c1-16-8-11(13)12(15-16)14-7-9-4-3-5-10(6-9)17-2/h3-6,8H,7,13H2,1-2H3,(H,14,15). The molecule has 17 heavy (non-hydrogen) atoms. The van der Waals surface area contributed by atoms with Gasteiger partial charge in [-0.3, -0.25) is 4.68 Å². The largest absolute Gasteiger partial charge is 0.497 e. The van der Waals surface area contributed by atoms with Gasteiger partial charge in [0.1, 0.15) is 5.75 Å². The zero-order valence-corrected chi connectivity index (χ0v) is 9.97. The van der Waals surface area contributed by atoms with Crippen LogP contribution in [0.5, 0.6) is 5.75 Å². The first kappa shape index (κ1) is 11.3. The second-order valence-corrected chi connectivity index (χ2v) is 3.81. The number of methoxy groups -OCH3 is 1. The van der Waals surface area contributed by atoms with E-state index in [1.165, 1.54) is 0 Å². The first-order valence-corrected chi connectivity index (χ1v) is 5.35. The molecule has 5 heteroatoms. The summed E-state index contributed by atoms with van der Waals surface area (Å²) in [6, 6.07) is 7.87. The van der Waals surface area contributed by atoms with Gasteiger partial charge in [0.25, 0.3) is 0 Å². The lowest BCUT2D eigenvalue weighted by molar-refractivity contribution is 0.414. The lowest BCUT2D eigenvalue weighted by Crippen LogP contribution is -2.02. The van der Waals surface area contributed by atoms with Gasteiger partial charge in [0.2, 0.25) is 0 Å². The molecule has 3 N–H and O–H groups in total. The smallest absolute Gasteiger partial charge is 0.171 e. The van der Waals surface area contributed by atoms with E-state index < -0.39 is 0 Å². The van der Waals surface area contributed by atoms with Gasteiger partial charge in [-0.1, -0.05) is 12.1 Å². The van der Waals surface area contributed by atoms with Crippen molar-refractivity contribution in [1.29, 1.82) is 0 Å². The number of hydrogen-bond donors (Lipinski definition) is 2. The Kier molecular flexibility index (Phi) is 3.18. The summed E-state index contributed by atoms with van der Waals surface area (Å²) in [4.78, 5) is 0. The van der Waals surface area contributed by atoms with Gasteiger partial charge in [-0.05, 0) is 17.7 Å². The SMILES string of the molecule is COc1cccc(CNc2nn(C)cc2N)c1. The quantitative estimate of drug-likeness (QED) is 0.840. The summed E-state index contributed by atoms with van der Waals surface area (Å²) in [5.41, 5.74) is 7.56. The van der Waals surface area contributed by atoms with Gasteiger partial charge < -0.3 is 15.8 Å². The summed E-state index contributed by atoms with van der Waals surface area (Å²) >= 11 is 0. The van der Waals surface area contributed by atoms with Crippen LogP contribution in [-0.4, -0.2) is 16.9 Å². The molecule has 0 atom stereocenters. The van der Waals surface area contributed by atoms with Gasteiger partial charge in [-0.25, -0.2) is 0 Å². The molecule has 2 aromatic rings. The van der Waals surface area contributed by atoms with Crippen LogP contribution in [0.15, 0.2) is 30.5 Å². The van der Waals surface area contributed by atoms with Gasteiger partial charge in [0.15, 0.2) is 5.82 Å². The Morgan fingerprint density at radius 3 is 2.94 bits per heavy atom. The molecular formula is C12H16N4O. The average Bonchev–Trinajstić information content (AvgIpc) is 2.65. The van der Waals surface area contributed by atoms with Crippen molar-refractivity contribution in [2.45, 2.75) is 6.54 Å². The van der Waals surface area contributed by atoms with E-state index >= 15 is 0 Å². The summed E-state index contributed by atoms with van der Waals surface area (Å²) in [6.07, 6.45) is 1.77. The number of nitrogens with one attached hydrogen (secondary N) is 1. The molecule has 0 aliphatic heterocycles. The fourth-order valence-electron chi connectivity index (χ4n) is 1.61. The predicted octanol–water partition coefficient (Wildman–Crippen LogP) is 1.62. The van der Waals surface area contributed by atoms with Gasteiger partial charge in [-0.15, -0.1) is 0 Å². The summed E-state index contributed by atoms with van der Waals surface area (Å²) < 4.78 is 6.85. The van der Waals surface area contributed by atoms with Crippen molar-refractivity contribution in [3.8, 4) is 5.75 Å². The normalized spacial score (nSPS) is 10.2. The first-order valence-electron chi connectivity index (χ1n) is 5.35. The molecule has 0 aliphatic carbocycles. The van der Waals surface area contributed by atoms with E-state index in [-0.39, 0.29) is 0 Å². The highest BCUT2D eigenvalue weighted by Gasteiger charge is 2.03. The summed E-state index contributed by atoms with van der Waals surface area (Å²) in [7, 11) is 3.50. The zero-order chi connectivity index (χ0) is 12.3. The van der Waals surface area contributed by atoms with Gasteiger partial charge >= 0.3 is 0 Å². The Hall–Kier alpha value is -2.17. The van der Waals surface area contributed by atoms with E-state index in [0.717, 1.165) is 11.3 Å². The number of benzene rings is 1. The number of nitrogen functional groups attached to an aromatic ring is 1. The number of anilines is 2. The molecule has 0 aliphatic rings. The van der Waals surface area contributed by atoms with Crippen molar-refractivity contribution in [1.82, 2.24) is 9.78 Å². The van der Waals surface area contributed by atoms with Crippen molar-refractivity contribution in [3.05, 3.63) is 36.0 Å². The van der Waals surface area contributed by atoms with E-state index in [1.807, 2.05) is 31.3 Å². The van der Waals surface area contributed by atoms with Crippen LogP contribution in [-0.2, 0) is 13.6 Å². The molecular weight excluding hydrogens is 216 g/mol. The van der Waals surface area contributed by atoms with E-state index in [1.54, 1.807) is 18.0 Å². The van der Waals surface area contributed by atoms with Gasteiger partial charge in [0.05, 0.1) is 12.8 Å². The third-order valence-electron chi connectivity index (χ3n) is 2.45. The van der Waals surface area contributed by atoms with Crippen LogP contribution in [0, 0.1) is 0 Å². The Bertz CT molecular complexity index is 507. The molecule has 0 bridgehead atoms. The lowest BCUT2D eigenvalue weighted by Gasteiger charge is -2.06. The van der Waals surface area contributed by atoms with Gasteiger partial charge in [0, 0.05) is 19.8 Å². The summed E-state index contributed by atoms with van der Waals surface area (Å²) in [6.45, 7) is 0.665. The molecule has 90 valence electrons. The van der Waals surface area contributed by atoms with Crippen molar-refractivity contribution in [2.24, 2.45) is 7.05 Å². The summed E-state index contributed by atoms with van der Waals surface area (Å²) in [5.74, 6) is 1.55. The zero-order valence-electron chi connectivity index (χ0n) is 9.97. The second-order valence-electron chi connectivity index (χ2n) is 3.81. The Morgan fingerprint density at radius 2 is 2.29 bits per heavy atom. The molecule has 0 amide bonds. The number of hydrogen-bond acceptors (Lipinski definition) is 4. The maximum absolute atomic E-state index is 5.79. The Balaban J connectivity index is 2.04. The number of nitrogens with two attached hydrogens (primary N) is 1. The molecule has 1 aromatic heterocycles. The maximum atomic E-state index is 5.79. The number of aromatic nitrogens is 2. The van der Waals surface area contributed by atoms with E-state index in [0.29, 0.717) is 18.1 Å². The molecule has 0 saturated heterocycles. The summed E-state index contributed by atoms with van der Waals surface area (Å²) in [5, 5.41) is 7.41. The molecule has 0 saturated carbocycles. The Labute approximate surface area is 100 Å². The van der Waals surface area contributed by atoms with Crippen molar-refractivity contribution in [2.75, 3.05) is 18.2 Å². The number of aryl methyl sites for hydroxylation is 1. The fraction of sp³-hybridized carbons (Fsp3) is 0.250. The molecule has 0 radical (unpaired) electrons. The van der Waals surface area contributed by atoms with E-state index in [9.17, 15) is 0 Å². The molecule has 1 heterocycles. The van der Waals surface area contributed by atoms with Crippen LogP contribution in [0.2, 0.25) is 0 Å². The Morgan fingerprint density at radius 1 is 1.47 bits per heavy atom. The average molecular weight is 232 g/mol. The molecule has 5 nitrogen and oxygen atoms in total. The third kappa shape index (κ3) is 2.69. The monoisotopic (exact) mass is 232 g/mol. The van der Waals surface area contributed by atoms with Crippen LogP contribution in [0.25, 0.3) is 0 Å². The fourth-order valence-corrected chi connectivity index (χ4v) is 1.61. The van der Waals surface area contributed by atoms with Crippen LogP contribution in [0.4, 0.5) is 11.5 Å². The minimum absolute atomic E-state index is 0.649. The highest BCUT2D eigenvalue weighted by atomic mass is 16.5. The highest BCUT2D eigenvalue weighted by molar-refractivity contribution is 5.59. The molecule has 2 rings (SSSR count). The van der Waals surface area contributed by atoms with Crippen molar-refractivity contribution < 1.29 is 4.74 Å². The van der Waals surface area contributed by atoms with E-state index in [4.69, 9.17) is 10.5 Å². The minimum atomic E-state index is 0.649. The number of rotatable bonds is 4. The van der Waals surface area contributed by atoms with Gasteiger partial charge in [-0.2, -0.15) is 5.10 Å². The molecule has 0 unspecified atom stereocenters. The third-order valence-corrected chi connectivity index (χ3v) is 2.45. The van der Waals surface area contributed by atoms with Crippen LogP contribution >= 0.6 is 0 Å². The van der Waals surface area contributed by atoms with Crippen molar-refractivity contribution >= 4 is 11.5 Å². The van der Waals surface area contributed by atoms with Crippen LogP contribution in [0.3, 0.4) is 0 Å². The number of ether oxygens (including phenoxy) is 1. The predicted molar refractivity (Wildman–Crippen MR) is 67.9 cm³/mol.